The molecule has 1 fully saturated rings. The summed E-state index contributed by atoms with van der Waals surface area (Å²) in [7, 11) is -8.31. The minimum absolute atomic E-state index is 0.123. The molecule has 2 aromatic rings. The SMILES string of the molecule is CC1(C)C(C=C/C=C2\C(C)(C)c3ccccc3[N+]23CCCC3S(=O)(=O)O)=C(CCCCS(=O)(=O)O)c2ccccc21. The number of benzene rings is 2. The molecule has 2 aromatic carbocycles. The molecular formula is C32H40NO6S2+. The van der Waals surface area contributed by atoms with Gasteiger partial charge in [0.25, 0.3) is 10.1 Å². The van der Waals surface area contributed by atoms with Crippen molar-refractivity contribution in [3.63, 3.8) is 0 Å². The van der Waals surface area contributed by atoms with Crippen molar-refractivity contribution in [1.29, 1.82) is 0 Å². The number of unbranched alkanes of at least 4 members (excludes halogenated alkanes) is 1. The van der Waals surface area contributed by atoms with Crippen LogP contribution in [0.15, 0.2) is 78.0 Å². The van der Waals surface area contributed by atoms with Gasteiger partial charge in [0.15, 0.2) is 0 Å². The highest BCUT2D eigenvalue weighted by molar-refractivity contribution is 7.86. The summed E-state index contributed by atoms with van der Waals surface area (Å²) in [6, 6.07) is 16.2. The molecule has 0 saturated carbocycles. The highest BCUT2D eigenvalue weighted by Gasteiger charge is 2.62. The van der Waals surface area contributed by atoms with Gasteiger partial charge in [-0.3, -0.25) is 9.11 Å². The third-order valence-electron chi connectivity index (χ3n) is 9.39. The van der Waals surface area contributed by atoms with Crippen molar-refractivity contribution in [3.05, 3.63) is 94.7 Å². The molecule has 220 valence electrons. The van der Waals surface area contributed by atoms with Crippen LogP contribution in [0.1, 0.15) is 76.5 Å². The smallest absolute Gasteiger partial charge is 0.286 e. The Hall–Kier alpha value is -2.56. The zero-order chi connectivity index (χ0) is 29.8. The third kappa shape index (κ3) is 5.06. The molecule has 2 unspecified atom stereocenters. The largest absolute Gasteiger partial charge is 0.320 e. The summed E-state index contributed by atoms with van der Waals surface area (Å²) in [4.78, 5) is 0. The Morgan fingerprint density at radius 2 is 1.56 bits per heavy atom. The highest BCUT2D eigenvalue weighted by Crippen LogP contribution is 2.57. The molecular weight excluding hydrogens is 558 g/mol. The number of para-hydroxylation sites is 1. The van der Waals surface area contributed by atoms with E-state index in [2.05, 4.69) is 52.0 Å². The lowest BCUT2D eigenvalue weighted by molar-refractivity contribution is 0.336. The predicted molar refractivity (Wildman–Crippen MR) is 165 cm³/mol. The molecule has 0 amide bonds. The van der Waals surface area contributed by atoms with E-state index in [9.17, 15) is 25.9 Å². The lowest BCUT2D eigenvalue weighted by Gasteiger charge is -2.37. The number of nitrogens with zero attached hydrogens (tertiary/aromatic N) is 1. The predicted octanol–water partition coefficient (Wildman–Crippen LogP) is 6.54. The fourth-order valence-electron chi connectivity index (χ4n) is 7.62. The van der Waals surface area contributed by atoms with Crippen LogP contribution in [0.5, 0.6) is 0 Å². The molecule has 7 nitrogen and oxygen atoms in total. The summed E-state index contributed by atoms with van der Waals surface area (Å²) in [6.07, 6.45) is 8.93. The maximum atomic E-state index is 12.7. The molecule has 3 aliphatic rings. The van der Waals surface area contributed by atoms with Gasteiger partial charge >= 0.3 is 10.1 Å². The molecule has 2 heterocycles. The van der Waals surface area contributed by atoms with Gasteiger partial charge < -0.3 is 0 Å². The second kappa shape index (κ2) is 10.3. The van der Waals surface area contributed by atoms with Crippen LogP contribution >= 0.6 is 0 Å². The van der Waals surface area contributed by atoms with Crippen LogP contribution in [0.2, 0.25) is 0 Å². The molecule has 2 atom stereocenters. The monoisotopic (exact) mass is 598 g/mol. The van der Waals surface area contributed by atoms with Crippen molar-refractivity contribution in [2.24, 2.45) is 0 Å². The Bertz CT molecular complexity index is 1680. The fraction of sp³-hybridized carbons (Fsp3) is 0.438. The van der Waals surface area contributed by atoms with E-state index in [1.165, 1.54) is 5.56 Å². The van der Waals surface area contributed by atoms with Gasteiger partial charge in [0, 0.05) is 23.8 Å². The Balaban J connectivity index is 1.59. The van der Waals surface area contributed by atoms with Crippen molar-refractivity contribution in [2.45, 2.75) is 76.0 Å². The van der Waals surface area contributed by atoms with E-state index in [0.29, 0.717) is 38.6 Å². The molecule has 1 spiro atoms. The quantitative estimate of drug-likeness (QED) is 0.203. The molecule has 0 bridgehead atoms. The van der Waals surface area contributed by atoms with E-state index in [4.69, 9.17) is 0 Å². The molecule has 2 aliphatic heterocycles. The summed E-state index contributed by atoms with van der Waals surface area (Å²) in [6.45, 7) is 9.20. The van der Waals surface area contributed by atoms with Crippen LogP contribution in [0.25, 0.3) is 5.57 Å². The molecule has 0 aromatic heterocycles. The van der Waals surface area contributed by atoms with Crippen molar-refractivity contribution in [2.75, 3.05) is 12.3 Å². The number of hydrogen-bond donors (Lipinski definition) is 2. The first kappa shape index (κ1) is 29.9. The van der Waals surface area contributed by atoms with Crippen molar-refractivity contribution >= 4 is 31.5 Å². The van der Waals surface area contributed by atoms with Gasteiger partial charge in [0.1, 0.15) is 11.4 Å². The van der Waals surface area contributed by atoms with Crippen LogP contribution < -0.4 is 4.48 Å². The number of hydrogen-bond acceptors (Lipinski definition) is 4. The first-order valence-electron chi connectivity index (χ1n) is 14.2. The Morgan fingerprint density at radius 1 is 0.902 bits per heavy atom. The molecule has 9 heteroatoms. The number of allylic oxidation sites excluding steroid dienone is 6. The fourth-order valence-corrected chi connectivity index (χ4v) is 9.44. The van der Waals surface area contributed by atoms with E-state index < -0.39 is 31.0 Å². The maximum Gasteiger partial charge on any atom is 0.320 e. The minimum Gasteiger partial charge on any atom is -0.286 e. The van der Waals surface area contributed by atoms with Gasteiger partial charge in [-0.15, -0.1) is 0 Å². The summed E-state index contributed by atoms with van der Waals surface area (Å²) in [5.41, 5.74) is 6.87. The van der Waals surface area contributed by atoms with E-state index in [1.54, 1.807) is 0 Å². The van der Waals surface area contributed by atoms with E-state index >= 15 is 0 Å². The van der Waals surface area contributed by atoms with Gasteiger partial charge in [-0.05, 0) is 67.5 Å². The maximum absolute atomic E-state index is 12.7. The zero-order valence-corrected chi connectivity index (χ0v) is 25.8. The van der Waals surface area contributed by atoms with Crippen LogP contribution in [0, 0.1) is 0 Å². The van der Waals surface area contributed by atoms with E-state index in [1.807, 2.05) is 42.5 Å². The standard InChI is InChI=1S/C32H39NO6S2/c1-31(2)25-15-6-5-13-23(25)24(14-9-10-22-40(34,35)36)26(31)17-11-19-29-32(3,4)27-16-7-8-18-28(27)33(29)21-12-20-30(33)41(37,38)39/h5-8,11,13,15-19,30H,9-10,12,14,20-22H2,1-4H3,(H-,34,35,36,37,38,39)/p+1/b17-11?,29-19+. The summed E-state index contributed by atoms with van der Waals surface area (Å²) >= 11 is 0. The van der Waals surface area contributed by atoms with Gasteiger partial charge in [-0.25, -0.2) is 4.48 Å². The van der Waals surface area contributed by atoms with E-state index in [-0.39, 0.29) is 15.7 Å². The van der Waals surface area contributed by atoms with Crippen LogP contribution in [-0.2, 0) is 31.1 Å². The van der Waals surface area contributed by atoms with E-state index in [0.717, 1.165) is 33.7 Å². The van der Waals surface area contributed by atoms with Gasteiger partial charge in [-0.2, -0.15) is 16.8 Å². The number of quaternary nitrogens is 1. The average molecular weight is 599 g/mol. The lowest BCUT2D eigenvalue weighted by Crippen LogP contribution is -2.55. The normalized spacial score (nSPS) is 25.9. The van der Waals surface area contributed by atoms with Gasteiger partial charge in [0.2, 0.25) is 5.37 Å². The van der Waals surface area contributed by atoms with Crippen molar-refractivity contribution in [1.82, 2.24) is 4.48 Å². The third-order valence-corrected chi connectivity index (χ3v) is 11.5. The second-order valence-electron chi connectivity index (χ2n) is 12.6. The average Bonchev–Trinajstić information content (AvgIpc) is 3.48. The molecule has 41 heavy (non-hydrogen) atoms. The Labute approximate surface area is 244 Å². The molecule has 0 radical (unpaired) electrons. The first-order valence-corrected chi connectivity index (χ1v) is 17.4. The van der Waals surface area contributed by atoms with Crippen LogP contribution in [-0.4, -0.2) is 43.6 Å². The van der Waals surface area contributed by atoms with Crippen LogP contribution in [0.3, 0.4) is 0 Å². The second-order valence-corrected chi connectivity index (χ2v) is 15.7. The van der Waals surface area contributed by atoms with Crippen molar-refractivity contribution in [3.8, 4) is 0 Å². The summed E-state index contributed by atoms with van der Waals surface area (Å²) in [5, 5.41) is -0.949. The first-order chi connectivity index (χ1) is 19.1. The molecule has 2 N–H and O–H groups in total. The zero-order valence-electron chi connectivity index (χ0n) is 24.2. The molecule has 1 saturated heterocycles. The van der Waals surface area contributed by atoms with Crippen LogP contribution in [0.4, 0.5) is 5.69 Å². The Morgan fingerprint density at radius 3 is 2.24 bits per heavy atom. The summed E-state index contributed by atoms with van der Waals surface area (Å²) < 4.78 is 67.6. The number of rotatable bonds is 8. The van der Waals surface area contributed by atoms with Gasteiger partial charge in [-0.1, -0.05) is 68.5 Å². The topological polar surface area (TPSA) is 109 Å². The number of fused-ring (bicyclic) bond motifs is 3. The Kier molecular flexibility index (Phi) is 7.52. The molecule has 1 aliphatic carbocycles. The summed E-state index contributed by atoms with van der Waals surface area (Å²) in [5.74, 6) is -0.257. The highest BCUT2D eigenvalue weighted by atomic mass is 32.2. The van der Waals surface area contributed by atoms with Crippen molar-refractivity contribution < 1.29 is 25.9 Å². The minimum atomic E-state index is -4.31. The van der Waals surface area contributed by atoms with Gasteiger partial charge in [0.05, 0.1) is 17.7 Å². The molecule has 5 rings (SSSR count). The lowest BCUT2D eigenvalue weighted by atomic mass is 9.80.